The number of nitrogens with zero attached hydrogens (tertiary/aromatic N) is 4. The molecule has 0 aromatic heterocycles. The van der Waals surface area contributed by atoms with Gasteiger partial charge in [0.25, 0.3) is 5.91 Å². The average Bonchev–Trinajstić information content (AvgIpc) is 3.34. The van der Waals surface area contributed by atoms with E-state index in [9.17, 15) is 14.0 Å². The minimum Gasteiger partial charge on any atom is -0.368 e. The summed E-state index contributed by atoms with van der Waals surface area (Å²) >= 11 is 0. The summed E-state index contributed by atoms with van der Waals surface area (Å²) in [5.74, 6) is 0.327. The Morgan fingerprint density at radius 3 is 2.36 bits per heavy atom. The van der Waals surface area contributed by atoms with Crippen LogP contribution in [0.4, 0.5) is 10.1 Å². The highest BCUT2D eigenvalue weighted by Crippen LogP contribution is 2.31. The van der Waals surface area contributed by atoms with Gasteiger partial charge < -0.3 is 19.7 Å². The molecule has 2 aromatic carbocycles. The lowest BCUT2D eigenvalue weighted by Crippen LogP contribution is -2.50. The highest BCUT2D eigenvalue weighted by atomic mass is 19.1. The number of carbonyl (C=O) groups is 2. The summed E-state index contributed by atoms with van der Waals surface area (Å²) in [5, 5.41) is 1.90. The molecule has 36 heavy (non-hydrogen) atoms. The van der Waals surface area contributed by atoms with Crippen LogP contribution < -0.4 is 10.3 Å². The lowest BCUT2D eigenvalue weighted by molar-refractivity contribution is -0.136. The van der Waals surface area contributed by atoms with Gasteiger partial charge in [-0.2, -0.15) is 0 Å². The summed E-state index contributed by atoms with van der Waals surface area (Å²) in [5.41, 5.74) is 6.89. The van der Waals surface area contributed by atoms with Crippen LogP contribution in [-0.4, -0.2) is 65.4 Å². The van der Waals surface area contributed by atoms with Crippen molar-refractivity contribution in [2.45, 2.75) is 44.7 Å². The van der Waals surface area contributed by atoms with Gasteiger partial charge in [-0.15, -0.1) is 0 Å². The summed E-state index contributed by atoms with van der Waals surface area (Å²) in [6.45, 7) is 7.41. The smallest absolute Gasteiger partial charge is 0.250 e. The van der Waals surface area contributed by atoms with Crippen molar-refractivity contribution in [3.8, 4) is 0 Å². The third-order valence-electron chi connectivity index (χ3n) is 7.47. The number of piperazine rings is 1. The molecule has 0 saturated carbocycles. The number of hydrogen-bond donors (Lipinski definition) is 1. The zero-order valence-corrected chi connectivity index (χ0v) is 20.9. The molecule has 2 saturated heterocycles. The molecular formula is C28H34FN5O2. The Hall–Kier alpha value is -3.39. The summed E-state index contributed by atoms with van der Waals surface area (Å²) in [7, 11) is 0. The molecule has 8 heteroatoms. The summed E-state index contributed by atoms with van der Waals surface area (Å²) in [6, 6.07) is 14.9. The maximum Gasteiger partial charge on any atom is 0.250 e. The molecule has 0 aliphatic carbocycles. The quantitative estimate of drug-likeness (QED) is 0.669. The fourth-order valence-corrected chi connectivity index (χ4v) is 5.19. The monoisotopic (exact) mass is 491 g/mol. The Labute approximate surface area is 212 Å². The molecule has 2 unspecified atom stereocenters. The van der Waals surface area contributed by atoms with E-state index in [0.29, 0.717) is 51.5 Å². The molecule has 5 rings (SSSR count). The number of anilines is 1. The molecule has 2 atom stereocenters. The number of benzene rings is 2. The van der Waals surface area contributed by atoms with Crippen molar-refractivity contribution in [1.82, 2.24) is 20.2 Å². The molecule has 3 aliphatic rings. The van der Waals surface area contributed by atoms with E-state index in [1.165, 1.54) is 23.3 Å². The molecule has 0 spiro atoms. The molecule has 7 nitrogen and oxygen atoms in total. The SMILES string of the molecule is CC(C)c1ccc(C2CC3C(=O)N(CCC(=O)N4CCN(c5ccc(F)cc5)CC4)C=CN3N2)cc1. The minimum absolute atomic E-state index is 0.0280. The van der Waals surface area contributed by atoms with Gasteiger partial charge in [-0.3, -0.25) is 9.59 Å². The van der Waals surface area contributed by atoms with Gasteiger partial charge in [0.2, 0.25) is 5.91 Å². The molecular weight excluding hydrogens is 457 g/mol. The molecule has 0 radical (unpaired) electrons. The van der Waals surface area contributed by atoms with E-state index in [2.05, 4.69) is 48.4 Å². The van der Waals surface area contributed by atoms with E-state index >= 15 is 0 Å². The number of halogens is 1. The number of fused-ring (bicyclic) bond motifs is 1. The Kier molecular flexibility index (Phi) is 6.96. The number of hydrogen-bond acceptors (Lipinski definition) is 5. The van der Waals surface area contributed by atoms with Gasteiger partial charge in [0, 0.05) is 57.2 Å². The molecule has 3 heterocycles. The van der Waals surface area contributed by atoms with Crippen molar-refractivity contribution in [1.29, 1.82) is 0 Å². The first-order valence-corrected chi connectivity index (χ1v) is 12.8. The van der Waals surface area contributed by atoms with Crippen LogP contribution >= 0.6 is 0 Å². The topological polar surface area (TPSA) is 59.1 Å². The molecule has 190 valence electrons. The number of carbonyl (C=O) groups excluding carboxylic acids is 2. The van der Waals surface area contributed by atoms with E-state index in [4.69, 9.17) is 0 Å². The van der Waals surface area contributed by atoms with Crippen molar-refractivity contribution >= 4 is 17.5 Å². The first-order chi connectivity index (χ1) is 17.4. The summed E-state index contributed by atoms with van der Waals surface area (Å²) in [4.78, 5) is 31.7. The van der Waals surface area contributed by atoms with Gasteiger partial charge in [-0.05, 0) is 47.7 Å². The highest BCUT2D eigenvalue weighted by molar-refractivity contribution is 5.85. The second-order valence-electron chi connectivity index (χ2n) is 10.1. The van der Waals surface area contributed by atoms with Gasteiger partial charge in [-0.25, -0.2) is 9.82 Å². The Morgan fingerprint density at radius 1 is 1.00 bits per heavy atom. The van der Waals surface area contributed by atoms with Crippen LogP contribution in [0.15, 0.2) is 60.9 Å². The Bertz CT molecular complexity index is 1110. The van der Waals surface area contributed by atoms with Gasteiger partial charge in [-0.1, -0.05) is 38.1 Å². The second kappa shape index (κ2) is 10.3. The lowest BCUT2D eigenvalue weighted by Gasteiger charge is -2.37. The van der Waals surface area contributed by atoms with Gasteiger partial charge in [0.15, 0.2) is 0 Å². The zero-order chi connectivity index (χ0) is 25.2. The van der Waals surface area contributed by atoms with Crippen LogP contribution in [0, 0.1) is 5.82 Å². The van der Waals surface area contributed by atoms with Gasteiger partial charge in [0.05, 0.1) is 6.04 Å². The predicted octanol–water partition coefficient (Wildman–Crippen LogP) is 3.62. The van der Waals surface area contributed by atoms with Crippen LogP contribution in [0.25, 0.3) is 0 Å². The summed E-state index contributed by atoms with van der Waals surface area (Å²) < 4.78 is 13.2. The first-order valence-electron chi connectivity index (χ1n) is 12.8. The van der Waals surface area contributed by atoms with E-state index in [0.717, 1.165) is 5.69 Å². The van der Waals surface area contributed by atoms with Crippen LogP contribution in [0.5, 0.6) is 0 Å². The van der Waals surface area contributed by atoms with Crippen molar-refractivity contribution in [3.05, 3.63) is 77.9 Å². The maximum atomic E-state index is 13.2. The Morgan fingerprint density at radius 2 is 1.69 bits per heavy atom. The van der Waals surface area contributed by atoms with Crippen LogP contribution in [0.3, 0.4) is 0 Å². The molecule has 0 bridgehead atoms. The van der Waals surface area contributed by atoms with Crippen molar-refractivity contribution in [3.63, 3.8) is 0 Å². The highest BCUT2D eigenvalue weighted by Gasteiger charge is 2.40. The number of rotatable bonds is 6. The van der Waals surface area contributed by atoms with Crippen LogP contribution in [0.2, 0.25) is 0 Å². The fourth-order valence-electron chi connectivity index (χ4n) is 5.19. The molecule has 1 N–H and O–H groups in total. The largest absolute Gasteiger partial charge is 0.368 e. The molecule has 2 fully saturated rings. The van der Waals surface area contributed by atoms with E-state index < -0.39 is 0 Å². The second-order valence-corrected chi connectivity index (χ2v) is 10.1. The van der Waals surface area contributed by atoms with E-state index in [1.807, 2.05) is 16.1 Å². The van der Waals surface area contributed by atoms with Crippen LogP contribution in [-0.2, 0) is 9.59 Å². The molecule has 2 aromatic rings. The van der Waals surface area contributed by atoms with Crippen molar-refractivity contribution in [2.24, 2.45) is 0 Å². The van der Waals surface area contributed by atoms with Crippen LogP contribution in [0.1, 0.15) is 49.8 Å². The summed E-state index contributed by atoms with van der Waals surface area (Å²) in [6.07, 6.45) is 4.67. The fraction of sp³-hybridized carbons (Fsp3) is 0.429. The van der Waals surface area contributed by atoms with E-state index in [-0.39, 0.29) is 29.7 Å². The van der Waals surface area contributed by atoms with Crippen molar-refractivity contribution < 1.29 is 14.0 Å². The molecule has 3 aliphatic heterocycles. The number of nitrogens with one attached hydrogen (secondary N) is 1. The third kappa shape index (κ3) is 5.09. The number of amides is 2. The molecule has 2 amide bonds. The third-order valence-corrected chi connectivity index (χ3v) is 7.47. The normalized spacial score (nSPS) is 21.9. The predicted molar refractivity (Wildman–Crippen MR) is 137 cm³/mol. The average molecular weight is 492 g/mol. The maximum absolute atomic E-state index is 13.2. The minimum atomic E-state index is -0.265. The van der Waals surface area contributed by atoms with E-state index in [1.54, 1.807) is 23.2 Å². The first kappa shape index (κ1) is 24.3. The Balaban J connectivity index is 1.11. The standard InChI is InChI=1S/C28H34FN5O2/c1-20(2)21-3-5-22(6-4-21)25-19-26-28(36)33(17-18-34(26)30-25)12-11-27(35)32-15-13-31(14-16-32)24-9-7-23(29)8-10-24/h3-10,17-18,20,25-26,30H,11-16,19H2,1-2H3. The zero-order valence-electron chi connectivity index (χ0n) is 20.9. The number of hydrazine groups is 1. The van der Waals surface area contributed by atoms with Gasteiger partial charge >= 0.3 is 0 Å². The lowest BCUT2D eigenvalue weighted by atomic mass is 9.97. The van der Waals surface area contributed by atoms with Gasteiger partial charge in [0.1, 0.15) is 11.9 Å². The van der Waals surface area contributed by atoms with Crippen molar-refractivity contribution in [2.75, 3.05) is 37.6 Å².